The Morgan fingerprint density at radius 2 is 1.27 bits per heavy atom. The number of anilines is 1. The maximum atomic E-state index is 16.0. The lowest BCUT2D eigenvalue weighted by Gasteiger charge is -2.34. The zero-order valence-electron chi connectivity index (χ0n) is 30.2. The largest absolute Gasteiger partial charge is 0.503 e. The predicted molar refractivity (Wildman–Crippen MR) is 176 cm³/mol. The molecule has 0 spiro atoms. The average Bonchev–Trinajstić information content (AvgIpc) is 3.83. The maximum Gasteiger partial charge on any atom is 0.490 e. The Bertz CT molecular complexity index is 2010. The number of benzene rings is 1. The van der Waals surface area contributed by atoms with Crippen LogP contribution >= 0.6 is 0 Å². The molecule has 2 bridgehead atoms. The van der Waals surface area contributed by atoms with Gasteiger partial charge in [-0.05, 0) is 51.6 Å². The van der Waals surface area contributed by atoms with Crippen molar-refractivity contribution in [2.45, 2.75) is 74.7 Å². The number of pyridine rings is 1. The quantitative estimate of drug-likeness (QED) is 0.193. The molecule has 3 aromatic rings. The number of piperazine rings is 1. The smallest absolute Gasteiger partial charge is 0.490 e. The lowest BCUT2D eigenvalue weighted by atomic mass is 9.95. The molecule has 332 valence electrons. The van der Waals surface area contributed by atoms with E-state index in [-0.39, 0.29) is 34.5 Å². The number of carboxylic acid groups (broad SMARTS) is 3. The van der Waals surface area contributed by atoms with Crippen LogP contribution in [0.1, 0.15) is 38.5 Å². The van der Waals surface area contributed by atoms with E-state index in [1.807, 2.05) is 0 Å². The number of halogens is 13. The Labute approximate surface area is 327 Å². The summed E-state index contributed by atoms with van der Waals surface area (Å²) in [7, 11) is 0. The lowest BCUT2D eigenvalue weighted by molar-refractivity contribution is -0.193. The molecule has 2 atom stereocenters. The van der Waals surface area contributed by atoms with Crippen molar-refractivity contribution in [2.24, 2.45) is 0 Å². The summed E-state index contributed by atoms with van der Waals surface area (Å²) in [4.78, 5) is 44.2. The van der Waals surface area contributed by atoms with Gasteiger partial charge in [-0.2, -0.15) is 49.5 Å². The van der Waals surface area contributed by atoms with Crippen molar-refractivity contribution in [1.29, 1.82) is 0 Å². The molecule has 4 aliphatic heterocycles. The second kappa shape index (κ2) is 18.0. The summed E-state index contributed by atoms with van der Waals surface area (Å²) in [5.41, 5.74) is -1.99. The third kappa shape index (κ3) is 11.0. The normalized spacial score (nSPS) is 19.6. The molecule has 0 saturated carbocycles. The van der Waals surface area contributed by atoms with Gasteiger partial charge in [-0.3, -0.25) is 9.88 Å². The summed E-state index contributed by atoms with van der Waals surface area (Å²) in [5.74, 6) is -14.9. The van der Waals surface area contributed by atoms with Crippen molar-refractivity contribution < 1.29 is 96.6 Å². The van der Waals surface area contributed by atoms with Crippen LogP contribution in [0, 0.1) is 23.3 Å². The number of aromatic nitrogens is 3. The number of ether oxygens (including phenoxy) is 1. The summed E-state index contributed by atoms with van der Waals surface area (Å²) in [5, 5.41) is 34.9. The highest BCUT2D eigenvalue weighted by Crippen LogP contribution is 2.41. The van der Waals surface area contributed by atoms with Crippen LogP contribution in [-0.4, -0.2) is 127 Å². The summed E-state index contributed by atoms with van der Waals surface area (Å²) < 4.78 is 160. The molecular formula is C33H31F13N6O8. The molecule has 14 nitrogen and oxygen atoms in total. The number of carbonyl (C=O) groups is 3. The standard InChI is InChI=1S/C27H28F4N6O2.3C2HF3O2/c28-17-9-18(29)24(38)20(30)19(17)23-21(31)22-16(10-32-23)25(36-11-14-3-4-15(12-36)33-14)35-26(34-22)39-13-27-5-1-7-37(27)8-2-6-27;3*3-2(4,5)1(6)7/h9-10,14-15,33,38H,1-8,11-13H2;3*(H,6,7)/t14-,15+;;;. The van der Waals surface area contributed by atoms with Crippen LogP contribution in [0.2, 0.25) is 0 Å². The molecular weight excluding hydrogens is 855 g/mol. The summed E-state index contributed by atoms with van der Waals surface area (Å²) in [6.07, 6.45) is -7.76. The van der Waals surface area contributed by atoms with Gasteiger partial charge in [0.25, 0.3) is 0 Å². The van der Waals surface area contributed by atoms with E-state index in [1.54, 1.807) is 0 Å². The number of phenols is 1. The first kappa shape index (κ1) is 47.2. The monoisotopic (exact) mass is 886 g/mol. The third-order valence-corrected chi connectivity index (χ3v) is 9.55. The van der Waals surface area contributed by atoms with Crippen LogP contribution in [0.15, 0.2) is 12.3 Å². The minimum Gasteiger partial charge on any atom is -0.503 e. The number of hydrogen-bond donors (Lipinski definition) is 5. The highest BCUT2D eigenvalue weighted by atomic mass is 19.4. The van der Waals surface area contributed by atoms with Crippen LogP contribution < -0.4 is 15.0 Å². The number of rotatable bonds is 5. The van der Waals surface area contributed by atoms with E-state index in [9.17, 15) is 57.8 Å². The fraction of sp³-hybridized carbons (Fsp3) is 0.515. The summed E-state index contributed by atoms with van der Waals surface area (Å²) in [6.45, 7) is 3.69. The van der Waals surface area contributed by atoms with Crippen LogP contribution in [0.4, 0.5) is 62.9 Å². The number of aromatic hydroxyl groups is 1. The predicted octanol–water partition coefficient (Wildman–Crippen LogP) is 5.80. The molecule has 4 aliphatic rings. The first-order valence-corrected chi connectivity index (χ1v) is 17.2. The van der Waals surface area contributed by atoms with Gasteiger partial charge < -0.3 is 35.4 Å². The lowest BCUT2D eigenvalue weighted by Crippen LogP contribution is -2.51. The number of phenolic OH excluding ortho intramolecular Hbond substituents is 1. The van der Waals surface area contributed by atoms with Gasteiger partial charge in [0, 0.05) is 37.4 Å². The first-order chi connectivity index (χ1) is 27.7. The Morgan fingerprint density at radius 3 is 1.73 bits per heavy atom. The third-order valence-electron chi connectivity index (χ3n) is 9.55. The number of hydrogen-bond acceptors (Lipinski definition) is 11. The average molecular weight is 887 g/mol. The van der Waals surface area contributed by atoms with Gasteiger partial charge in [0.15, 0.2) is 23.2 Å². The SMILES string of the molecule is O=C(O)C(F)(F)F.O=C(O)C(F)(F)F.O=C(O)C(F)(F)F.Oc1c(F)cc(F)c(-c2ncc3c(N4C[C@H]5CC[C@@H](C4)N5)nc(OCC45CCCN4CCC5)nc3c2F)c1F. The van der Waals surface area contributed by atoms with Crippen molar-refractivity contribution in [2.75, 3.05) is 37.7 Å². The number of fused-ring (bicyclic) bond motifs is 4. The maximum absolute atomic E-state index is 16.0. The number of alkyl halides is 9. The van der Waals surface area contributed by atoms with Crippen molar-refractivity contribution in [3.8, 4) is 23.0 Å². The molecule has 60 heavy (non-hydrogen) atoms. The fourth-order valence-electron chi connectivity index (χ4n) is 6.93. The minimum atomic E-state index is -5.08. The summed E-state index contributed by atoms with van der Waals surface area (Å²) in [6, 6.07) is 0.814. The topological polar surface area (TPSA) is 199 Å². The fourth-order valence-corrected chi connectivity index (χ4v) is 6.93. The Hall–Kier alpha value is -5.47. The zero-order valence-corrected chi connectivity index (χ0v) is 30.2. The number of aliphatic carboxylic acids is 3. The van der Waals surface area contributed by atoms with Gasteiger partial charge in [-0.15, -0.1) is 0 Å². The van der Waals surface area contributed by atoms with Gasteiger partial charge >= 0.3 is 42.4 Å². The number of nitrogens with zero attached hydrogens (tertiary/aromatic N) is 5. The van der Waals surface area contributed by atoms with E-state index in [1.165, 1.54) is 6.20 Å². The molecule has 7 rings (SSSR count). The van der Waals surface area contributed by atoms with Gasteiger partial charge in [0.2, 0.25) is 0 Å². The minimum absolute atomic E-state index is 0.0181. The van der Waals surface area contributed by atoms with Crippen LogP contribution in [0.3, 0.4) is 0 Å². The van der Waals surface area contributed by atoms with Crippen molar-refractivity contribution >= 4 is 34.6 Å². The molecule has 2 aromatic heterocycles. The molecule has 1 aromatic carbocycles. The molecule has 6 heterocycles. The number of carboxylic acids is 3. The highest BCUT2D eigenvalue weighted by Gasteiger charge is 2.45. The zero-order chi connectivity index (χ0) is 45.1. The van der Waals surface area contributed by atoms with E-state index in [0.717, 1.165) is 51.6 Å². The molecule has 0 aliphatic carbocycles. The van der Waals surface area contributed by atoms with Crippen molar-refractivity contribution in [3.05, 3.63) is 35.5 Å². The number of nitrogens with one attached hydrogen (secondary N) is 1. The van der Waals surface area contributed by atoms with Gasteiger partial charge in [0.05, 0.1) is 16.5 Å². The molecule has 0 radical (unpaired) electrons. The van der Waals surface area contributed by atoms with Crippen molar-refractivity contribution in [3.63, 3.8) is 0 Å². The van der Waals surface area contributed by atoms with Crippen molar-refractivity contribution in [1.82, 2.24) is 25.2 Å². The van der Waals surface area contributed by atoms with E-state index in [4.69, 9.17) is 39.4 Å². The molecule has 4 saturated heterocycles. The Morgan fingerprint density at radius 1 is 0.783 bits per heavy atom. The van der Waals surface area contributed by atoms with Gasteiger partial charge in [-0.25, -0.2) is 31.9 Å². The first-order valence-electron chi connectivity index (χ1n) is 17.2. The van der Waals surface area contributed by atoms with Crippen LogP contribution in [0.5, 0.6) is 11.8 Å². The Balaban J connectivity index is 0.000000313. The van der Waals surface area contributed by atoms with E-state index < -0.39 is 76.7 Å². The van der Waals surface area contributed by atoms with Crippen LogP contribution in [-0.2, 0) is 14.4 Å². The van der Waals surface area contributed by atoms with Crippen LogP contribution in [0.25, 0.3) is 22.2 Å². The Kier molecular flexibility index (Phi) is 14.2. The molecule has 0 amide bonds. The molecule has 4 fully saturated rings. The molecule has 0 unspecified atom stereocenters. The molecule has 27 heteroatoms. The van der Waals surface area contributed by atoms with E-state index in [2.05, 4.69) is 25.1 Å². The van der Waals surface area contributed by atoms with Gasteiger partial charge in [-0.1, -0.05) is 0 Å². The summed E-state index contributed by atoms with van der Waals surface area (Å²) >= 11 is 0. The molecule has 5 N–H and O–H groups in total. The van der Waals surface area contributed by atoms with Gasteiger partial charge in [0.1, 0.15) is 29.5 Å². The second-order valence-electron chi connectivity index (χ2n) is 13.5. The highest BCUT2D eigenvalue weighted by molar-refractivity contribution is 5.92. The van der Waals surface area contributed by atoms with E-state index in [0.29, 0.717) is 31.6 Å². The second-order valence-corrected chi connectivity index (χ2v) is 13.5. The van der Waals surface area contributed by atoms with E-state index >= 15 is 4.39 Å².